The zero-order valence-electron chi connectivity index (χ0n) is 10.2. The van der Waals surface area contributed by atoms with Crippen molar-refractivity contribution in [2.75, 3.05) is 6.54 Å². The van der Waals surface area contributed by atoms with E-state index in [1.807, 2.05) is 0 Å². The monoisotopic (exact) mass is 239 g/mol. The van der Waals surface area contributed by atoms with Crippen molar-refractivity contribution in [2.45, 2.75) is 52.0 Å². The first kappa shape index (κ1) is 12.0. The van der Waals surface area contributed by atoms with E-state index in [2.05, 4.69) is 28.8 Å². The molecule has 0 atom stereocenters. The quantitative estimate of drug-likeness (QED) is 0.858. The number of nitrogens with one attached hydrogen (secondary N) is 1. The van der Waals surface area contributed by atoms with Gasteiger partial charge in [0.2, 0.25) is 0 Å². The molecular weight excluding hydrogens is 218 g/mol. The van der Waals surface area contributed by atoms with Gasteiger partial charge in [0.25, 0.3) is 0 Å². The van der Waals surface area contributed by atoms with Crippen LogP contribution in [-0.4, -0.2) is 16.1 Å². The molecule has 1 N–H and O–H groups in total. The lowest BCUT2D eigenvalue weighted by molar-refractivity contribution is 0.550. The summed E-state index contributed by atoms with van der Waals surface area (Å²) in [6.07, 6.45) is 5.34. The Bertz CT molecular complexity index is 316. The highest BCUT2D eigenvalue weighted by Crippen LogP contribution is 2.35. The van der Waals surface area contributed by atoms with E-state index in [1.54, 1.807) is 11.5 Å². The van der Waals surface area contributed by atoms with E-state index >= 15 is 0 Å². The first-order valence-electron chi connectivity index (χ1n) is 6.29. The molecule has 1 saturated carbocycles. The molecule has 1 aromatic heterocycles. The third kappa shape index (κ3) is 3.01. The van der Waals surface area contributed by atoms with Crippen LogP contribution in [0.5, 0.6) is 0 Å². The van der Waals surface area contributed by atoms with E-state index in [4.69, 9.17) is 0 Å². The Hall–Kier alpha value is -0.480. The normalized spacial score (nSPS) is 17.4. The predicted molar refractivity (Wildman–Crippen MR) is 67.7 cm³/mol. The maximum atomic E-state index is 4.32. The van der Waals surface area contributed by atoms with Gasteiger partial charge in [-0.25, -0.2) is 0 Å². The zero-order chi connectivity index (χ0) is 11.4. The van der Waals surface area contributed by atoms with Gasteiger partial charge >= 0.3 is 0 Å². The predicted octanol–water partition coefficient (Wildman–Crippen LogP) is 2.94. The summed E-state index contributed by atoms with van der Waals surface area (Å²) in [5.74, 6) is 1.39. The average Bonchev–Trinajstić information content (AvgIpc) is 2.84. The van der Waals surface area contributed by atoms with E-state index in [1.165, 1.54) is 36.3 Å². The van der Waals surface area contributed by atoms with Crippen LogP contribution >= 0.6 is 11.5 Å². The summed E-state index contributed by atoms with van der Waals surface area (Å²) in [6, 6.07) is 0. The van der Waals surface area contributed by atoms with Crippen LogP contribution in [0, 0.1) is 5.92 Å². The number of aromatic nitrogens is 2. The van der Waals surface area contributed by atoms with Crippen LogP contribution in [0.25, 0.3) is 0 Å². The lowest BCUT2D eigenvalue weighted by Crippen LogP contribution is -2.19. The van der Waals surface area contributed by atoms with Gasteiger partial charge in [-0.3, -0.25) is 0 Å². The van der Waals surface area contributed by atoms with Crippen LogP contribution < -0.4 is 5.32 Å². The highest BCUT2D eigenvalue weighted by Gasteiger charge is 2.22. The molecule has 0 spiro atoms. The highest BCUT2D eigenvalue weighted by atomic mass is 32.1. The van der Waals surface area contributed by atoms with Gasteiger partial charge in [0.1, 0.15) is 0 Å². The molecule has 4 heteroatoms. The van der Waals surface area contributed by atoms with Crippen molar-refractivity contribution in [1.82, 2.24) is 14.9 Å². The van der Waals surface area contributed by atoms with Crippen LogP contribution in [0.3, 0.4) is 0 Å². The first-order valence-corrected chi connectivity index (χ1v) is 7.06. The Balaban J connectivity index is 1.91. The third-order valence-electron chi connectivity index (χ3n) is 3.17. The second-order valence-electron chi connectivity index (χ2n) is 5.09. The van der Waals surface area contributed by atoms with Gasteiger partial charge in [-0.1, -0.05) is 31.2 Å². The topological polar surface area (TPSA) is 37.8 Å². The number of rotatable bonds is 5. The first-order chi connectivity index (χ1) is 7.77. The molecule has 2 rings (SSSR count). The third-order valence-corrected chi connectivity index (χ3v) is 3.90. The van der Waals surface area contributed by atoms with E-state index in [-0.39, 0.29) is 0 Å². The minimum Gasteiger partial charge on any atom is -0.311 e. The molecule has 0 amide bonds. The highest BCUT2D eigenvalue weighted by molar-refractivity contribution is 7.05. The van der Waals surface area contributed by atoms with Gasteiger partial charge in [0.15, 0.2) is 0 Å². The van der Waals surface area contributed by atoms with Crippen molar-refractivity contribution in [1.29, 1.82) is 0 Å². The van der Waals surface area contributed by atoms with Gasteiger partial charge in [0.05, 0.1) is 10.6 Å². The maximum absolute atomic E-state index is 4.32. The molecule has 1 fully saturated rings. The Morgan fingerprint density at radius 1 is 1.38 bits per heavy atom. The molecular formula is C12H21N3S. The van der Waals surface area contributed by atoms with Crippen molar-refractivity contribution >= 4 is 11.5 Å². The number of nitrogens with zero attached hydrogens (tertiary/aromatic N) is 2. The molecule has 1 aliphatic rings. The maximum Gasteiger partial charge on any atom is 0.0831 e. The minimum absolute atomic E-state index is 0.689. The minimum atomic E-state index is 0.689. The van der Waals surface area contributed by atoms with Gasteiger partial charge in [-0.2, -0.15) is 0 Å². The molecule has 3 nitrogen and oxygen atoms in total. The average molecular weight is 239 g/mol. The Morgan fingerprint density at radius 3 is 2.81 bits per heavy atom. The van der Waals surface area contributed by atoms with Crippen molar-refractivity contribution in [3.63, 3.8) is 0 Å². The summed E-state index contributed by atoms with van der Waals surface area (Å²) in [4.78, 5) is 1.35. The second-order valence-corrected chi connectivity index (χ2v) is 5.93. The van der Waals surface area contributed by atoms with Gasteiger partial charge in [-0.05, 0) is 36.8 Å². The van der Waals surface area contributed by atoms with Crippen molar-refractivity contribution in [3.8, 4) is 0 Å². The van der Waals surface area contributed by atoms with E-state index in [0.29, 0.717) is 11.8 Å². The molecule has 1 aromatic rings. The second kappa shape index (κ2) is 5.73. The van der Waals surface area contributed by atoms with Gasteiger partial charge in [-0.15, -0.1) is 5.10 Å². The Labute approximate surface area is 102 Å². The fraction of sp³-hybridized carbons (Fsp3) is 0.833. The van der Waals surface area contributed by atoms with Crippen LogP contribution in [-0.2, 0) is 6.54 Å². The summed E-state index contributed by atoms with van der Waals surface area (Å²) in [6.45, 7) is 6.48. The molecule has 0 aliphatic heterocycles. The Kier molecular flexibility index (Phi) is 4.29. The number of hydrogen-bond donors (Lipinski definition) is 1. The van der Waals surface area contributed by atoms with Crippen LogP contribution in [0.1, 0.15) is 56.0 Å². The zero-order valence-corrected chi connectivity index (χ0v) is 11.0. The Morgan fingerprint density at radius 2 is 2.12 bits per heavy atom. The van der Waals surface area contributed by atoms with Gasteiger partial charge in [0, 0.05) is 12.5 Å². The molecule has 90 valence electrons. The van der Waals surface area contributed by atoms with Crippen LogP contribution in [0.15, 0.2) is 0 Å². The SMILES string of the molecule is CC(C)CNCc1snnc1C1CCCC1. The molecule has 1 aliphatic carbocycles. The standard InChI is InChI=1S/C12H21N3S/c1-9(2)7-13-8-11-12(14-15-16-11)10-5-3-4-6-10/h9-10,13H,3-8H2,1-2H3. The summed E-state index contributed by atoms with van der Waals surface area (Å²) >= 11 is 1.56. The lowest BCUT2D eigenvalue weighted by Gasteiger charge is -2.09. The summed E-state index contributed by atoms with van der Waals surface area (Å²) in [5.41, 5.74) is 1.28. The summed E-state index contributed by atoms with van der Waals surface area (Å²) < 4.78 is 4.12. The molecule has 0 saturated heterocycles. The summed E-state index contributed by atoms with van der Waals surface area (Å²) in [7, 11) is 0. The van der Waals surface area contributed by atoms with Crippen molar-refractivity contribution in [3.05, 3.63) is 10.6 Å². The smallest absolute Gasteiger partial charge is 0.0831 e. The van der Waals surface area contributed by atoms with E-state index in [0.717, 1.165) is 13.1 Å². The van der Waals surface area contributed by atoms with Crippen LogP contribution in [0.4, 0.5) is 0 Å². The van der Waals surface area contributed by atoms with E-state index in [9.17, 15) is 0 Å². The molecule has 16 heavy (non-hydrogen) atoms. The van der Waals surface area contributed by atoms with Crippen molar-refractivity contribution in [2.24, 2.45) is 5.92 Å². The van der Waals surface area contributed by atoms with Crippen molar-refractivity contribution < 1.29 is 0 Å². The summed E-state index contributed by atoms with van der Waals surface area (Å²) in [5, 5.41) is 7.81. The fourth-order valence-corrected chi connectivity index (χ4v) is 3.02. The number of hydrogen-bond acceptors (Lipinski definition) is 4. The molecule has 0 bridgehead atoms. The molecule has 0 aromatic carbocycles. The van der Waals surface area contributed by atoms with Crippen LogP contribution in [0.2, 0.25) is 0 Å². The van der Waals surface area contributed by atoms with Gasteiger partial charge < -0.3 is 5.32 Å². The molecule has 1 heterocycles. The largest absolute Gasteiger partial charge is 0.311 e. The molecule has 0 unspecified atom stereocenters. The van der Waals surface area contributed by atoms with E-state index < -0.39 is 0 Å². The fourth-order valence-electron chi connectivity index (χ4n) is 2.32. The lowest BCUT2D eigenvalue weighted by atomic mass is 10.0. The molecule has 0 radical (unpaired) electrons.